The van der Waals surface area contributed by atoms with Crippen LogP contribution in [-0.2, 0) is 9.53 Å². The number of methoxy groups -OCH3 is 2. The summed E-state index contributed by atoms with van der Waals surface area (Å²) in [7, 11) is 2.79. The van der Waals surface area contributed by atoms with Crippen LogP contribution in [0.25, 0.3) is 10.9 Å². The standard InChI is InChI=1S/C24H26BrN3O5/c1-6-14(2)22-27-19-11-10-17(25)12-18(19)23(29)28(22)26-13-16-8-7-9-20(31-4)21(16)33-15(3)24(30)32-5/h7-15H,6H2,1-5H3/t14-,15+/m1/s1. The number of rotatable bonds is 8. The molecule has 1 heterocycles. The van der Waals surface area contributed by atoms with Crippen LogP contribution in [0.1, 0.15) is 44.5 Å². The fourth-order valence-electron chi connectivity index (χ4n) is 3.21. The van der Waals surface area contributed by atoms with Gasteiger partial charge in [-0.2, -0.15) is 9.78 Å². The summed E-state index contributed by atoms with van der Waals surface area (Å²) in [6, 6.07) is 10.6. The SMILES string of the molecule is CC[C@@H](C)c1nc2ccc(Br)cc2c(=O)n1N=Cc1cccc(OC)c1O[C@@H](C)C(=O)OC. The fourth-order valence-corrected chi connectivity index (χ4v) is 3.57. The van der Waals surface area contributed by atoms with Crippen LogP contribution in [0.4, 0.5) is 0 Å². The van der Waals surface area contributed by atoms with Crippen molar-refractivity contribution in [2.45, 2.75) is 39.2 Å². The molecule has 8 nitrogen and oxygen atoms in total. The quantitative estimate of drug-likeness (QED) is 0.323. The zero-order valence-electron chi connectivity index (χ0n) is 19.2. The van der Waals surface area contributed by atoms with E-state index in [0.717, 1.165) is 10.9 Å². The van der Waals surface area contributed by atoms with Gasteiger partial charge in [0.2, 0.25) is 0 Å². The van der Waals surface area contributed by atoms with Crippen LogP contribution in [0, 0.1) is 0 Å². The summed E-state index contributed by atoms with van der Waals surface area (Å²) < 4.78 is 18.1. The molecule has 174 valence electrons. The van der Waals surface area contributed by atoms with E-state index in [1.165, 1.54) is 25.1 Å². The van der Waals surface area contributed by atoms with Crippen LogP contribution < -0.4 is 15.0 Å². The van der Waals surface area contributed by atoms with Gasteiger partial charge in [0.15, 0.2) is 17.6 Å². The van der Waals surface area contributed by atoms with Crippen molar-refractivity contribution in [3.8, 4) is 11.5 Å². The van der Waals surface area contributed by atoms with Gasteiger partial charge in [0.1, 0.15) is 5.82 Å². The Hall–Kier alpha value is -3.20. The van der Waals surface area contributed by atoms with Crippen molar-refractivity contribution >= 4 is 39.0 Å². The maximum Gasteiger partial charge on any atom is 0.346 e. The number of hydrogen-bond donors (Lipinski definition) is 0. The Balaban J connectivity index is 2.15. The van der Waals surface area contributed by atoms with E-state index in [9.17, 15) is 9.59 Å². The molecule has 0 spiro atoms. The first-order chi connectivity index (χ1) is 15.8. The highest BCUT2D eigenvalue weighted by atomic mass is 79.9. The largest absolute Gasteiger partial charge is 0.493 e. The molecule has 9 heteroatoms. The first-order valence-corrected chi connectivity index (χ1v) is 11.3. The van der Waals surface area contributed by atoms with Crippen LogP contribution in [0.3, 0.4) is 0 Å². The topological polar surface area (TPSA) is 92.0 Å². The Morgan fingerprint density at radius 2 is 2.00 bits per heavy atom. The molecule has 3 rings (SSSR count). The lowest BCUT2D eigenvalue weighted by atomic mass is 10.1. The predicted octanol–water partition coefficient (Wildman–Crippen LogP) is 4.50. The molecule has 0 saturated heterocycles. The molecule has 0 unspecified atom stereocenters. The van der Waals surface area contributed by atoms with Gasteiger partial charge in [-0.25, -0.2) is 9.78 Å². The molecule has 2 atom stereocenters. The molecule has 0 N–H and O–H groups in total. The number of fused-ring (bicyclic) bond motifs is 1. The van der Waals surface area contributed by atoms with Crippen LogP contribution in [-0.4, -0.2) is 42.2 Å². The third kappa shape index (κ3) is 5.24. The van der Waals surface area contributed by atoms with E-state index in [1.807, 2.05) is 26.0 Å². The highest BCUT2D eigenvalue weighted by molar-refractivity contribution is 9.10. The minimum Gasteiger partial charge on any atom is -0.493 e. The van der Waals surface area contributed by atoms with Crippen molar-refractivity contribution in [1.29, 1.82) is 0 Å². The van der Waals surface area contributed by atoms with Crippen molar-refractivity contribution < 1.29 is 19.0 Å². The van der Waals surface area contributed by atoms with Crippen molar-refractivity contribution in [2.75, 3.05) is 14.2 Å². The summed E-state index contributed by atoms with van der Waals surface area (Å²) in [5, 5.41) is 4.94. The summed E-state index contributed by atoms with van der Waals surface area (Å²) in [6.45, 7) is 5.60. The molecular weight excluding hydrogens is 490 g/mol. The molecule has 0 fully saturated rings. The number of nitrogens with zero attached hydrogens (tertiary/aromatic N) is 3. The lowest BCUT2D eigenvalue weighted by Crippen LogP contribution is -2.26. The van der Waals surface area contributed by atoms with E-state index in [1.54, 1.807) is 31.2 Å². The molecule has 0 aliphatic rings. The second kappa shape index (κ2) is 10.6. The minimum atomic E-state index is -0.864. The Morgan fingerprint density at radius 1 is 1.24 bits per heavy atom. The third-order valence-corrected chi connectivity index (χ3v) is 5.75. The predicted molar refractivity (Wildman–Crippen MR) is 131 cm³/mol. The number of ether oxygens (including phenoxy) is 3. The highest BCUT2D eigenvalue weighted by Gasteiger charge is 2.20. The molecule has 0 aliphatic carbocycles. The van der Waals surface area contributed by atoms with Gasteiger partial charge in [-0.15, -0.1) is 0 Å². The molecule has 0 amide bonds. The lowest BCUT2D eigenvalue weighted by Gasteiger charge is -2.17. The first kappa shape index (κ1) is 24.4. The molecular formula is C24H26BrN3O5. The van der Waals surface area contributed by atoms with Crippen LogP contribution in [0.5, 0.6) is 11.5 Å². The maximum atomic E-state index is 13.3. The van der Waals surface area contributed by atoms with Gasteiger partial charge in [-0.3, -0.25) is 4.79 Å². The van der Waals surface area contributed by atoms with Crippen LogP contribution >= 0.6 is 15.9 Å². The summed E-state index contributed by atoms with van der Waals surface area (Å²) in [5.41, 5.74) is 0.866. The van der Waals surface area contributed by atoms with E-state index < -0.39 is 12.1 Å². The van der Waals surface area contributed by atoms with Crippen molar-refractivity contribution in [3.05, 3.63) is 62.6 Å². The van der Waals surface area contributed by atoms with E-state index >= 15 is 0 Å². The fraction of sp³-hybridized carbons (Fsp3) is 0.333. The number of aromatic nitrogens is 2. The van der Waals surface area contributed by atoms with Gasteiger partial charge in [0, 0.05) is 16.0 Å². The van der Waals surface area contributed by atoms with E-state index in [-0.39, 0.29) is 11.5 Å². The average molecular weight is 516 g/mol. The second-order valence-corrected chi connectivity index (χ2v) is 8.38. The Bertz CT molecular complexity index is 1250. The van der Waals surface area contributed by atoms with Crippen LogP contribution in [0.2, 0.25) is 0 Å². The smallest absolute Gasteiger partial charge is 0.346 e. The summed E-state index contributed by atoms with van der Waals surface area (Å²) >= 11 is 3.41. The first-order valence-electron chi connectivity index (χ1n) is 10.5. The molecule has 0 saturated carbocycles. The normalized spacial score (nSPS) is 13.2. The highest BCUT2D eigenvalue weighted by Crippen LogP contribution is 2.31. The lowest BCUT2D eigenvalue weighted by molar-refractivity contribution is -0.147. The van der Waals surface area contributed by atoms with E-state index in [0.29, 0.717) is 33.8 Å². The molecule has 0 aliphatic heterocycles. The number of halogens is 1. The second-order valence-electron chi connectivity index (χ2n) is 7.46. The molecule has 33 heavy (non-hydrogen) atoms. The zero-order valence-corrected chi connectivity index (χ0v) is 20.8. The van der Waals surface area contributed by atoms with E-state index in [2.05, 4.69) is 21.0 Å². The van der Waals surface area contributed by atoms with Gasteiger partial charge in [-0.05, 0) is 43.7 Å². The van der Waals surface area contributed by atoms with Crippen molar-refractivity contribution in [1.82, 2.24) is 9.66 Å². The van der Waals surface area contributed by atoms with Gasteiger partial charge in [-0.1, -0.05) is 35.8 Å². The Kier molecular flexibility index (Phi) is 7.86. The Morgan fingerprint density at radius 3 is 2.67 bits per heavy atom. The van der Waals surface area contributed by atoms with Crippen molar-refractivity contribution in [2.24, 2.45) is 5.10 Å². The summed E-state index contributed by atoms with van der Waals surface area (Å²) in [5.74, 6) is 0.773. The number of carbonyl (C=O) groups is 1. The van der Waals surface area contributed by atoms with E-state index in [4.69, 9.17) is 19.2 Å². The maximum absolute atomic E-state index is 13.3. The van der Waals surface area contributed by atoms with Gasteiger partial charge in [0.05, 0.1) is 31.3 Å². The van der Waals surface area contributed by atoms with Crippen molar-refractivity contribution in [3.63, 3.8) is 0 Å². The minimum absolute atomic E-state index is 0.00303. The third-order valence-electron chi connectivity index (χ3n) is 5.26. The van der Waals surface area contributed by atoms with Crippen LogP contribution in [0.15, 0.2) is 50.8 Å². The Labute approximate surface area is 200 Å². The molecule has 2 aromatic carbocycles. The number of carbonyl (C=O) groups excluding carboxylic acids is 1. The molecule has 3 aromatic rings. The summed E-state index contributed by atoms with van der Waals surface area (Å²) in [4.78, 5) is 29.9. The van der Waals surface area contributed by atoms with Gasteiger partial charge in [0.25, 0.3) is 5.56 Å². The zero-order chi connectivity index (χ0) is 24.1. The van der Waals surface area contributed by atoms with Gasteiger partial charge >= 0.3 is 5.97 Å². The molecule has 1 aromatic heterocycles. The monoisotopic (exact) mass is 515 g/mol. The number of hydrogen-bond acceptors (Lipinski definition) is 7. The molecule has 0 radical (unpaired) electrons. The van der Waals surface area contributed by atoms with Gasteiger partial charge < -0.3 is 14.2 Å². The number of esters is 1. The molecule has 0 bridgehead atoms. The summed E-state index contributed by atoms with van der Waals surface area (Å²) in [6.07, 6.45) is 1.42. The number of benzene rings is 2. The number of para-hydroxylation sites is 1. The average Bonchev–Trinajstić information content (AvgIpc) is 2.83.